The molecule has 12 heteroatoms. The number of thiol groups is 1. The Kier molecular flexibility index (Phi) is 29.5. The summed E-state index contributed by atoms with van der Waals surface area (Å²) in [6.07, 6.45) is 0. The van der Waals surface area contributed by atoms with Crippen LogP contribution in [0.1, 0.15) is 44.5 Å². The van der Waals surface area contributed by atoms with Crippen LogP contribution in [0.3, 0.4) is 0 Å². The first-order chi connectivity index (χ1) is 37.0. The van der Waals surface area contributed by atoms with Gasteiger partial charge < -0.3 is 20.4 Å². The zero-order valence-electron chi connectivity index (χ0n) is 45.9. The van der Waals surface area contributed by atoms with Crippen LogP contribution in [0.5, 0.6) is 0 Å². The molecule has 0 atom stereocenters. The number of likely N-dealkylation sites (N-methyl/N-ethyl adjacent to an activating group) is 1. The molecule has 2 fully saturated rings. The van der Waals surface area contributed by atoms with Gasteiger partial charge in [-0.2, -0.15) is 0 Å². The van der Waals surface area contributed by atoms with Crippen LogP contribution < -0.4 is 15.5 Å². The molecule has 0 aliphatic carbocycles. The molecule has 2 N–H and O–H groups in total. The maximum atomic E-state index is 4.25. The molecule has 10 rings (SSSR count). The molecule has 2 heterocycles. The highest BCUT2D eigenvalue weighted by molar-refractivity contribution is 14.1. The van der Waals surface area contributed by atoms with E-state index in [1.165, 1.54) is 101 Å². The Morgan fingerprint density at radius 3 is 1.10 bits per heavy atom. The van der Waals surface area contributed by atoms with E-state index < -0.39 is 0 Å². The number of anilines is 1. The lowest BCUT2D eigenvalue weighted by Gasteiger charge is -2.31. The van der Waals surface area contributed by atoms with Crippen LogP contribution in [0.4, 0.5) is 5.69 Å². The zero-order valence-corrected chi connectivity index (χ0v) is 56.2. The molecule has 77 heavy (non-hydrogen) atoms. The Hall–Kier alpha value is -2.99. The van der Waals surface area contributed by atoms with Crippen molar-refractivity contribution in [2.75, 3.05) is 64.3 Å². The predicted octanol–water partition coefficient (Wildman–Crippen LogP) is 19.5. The first kappa shape index (κ1) is 64.8. The molecule has 8 aromatic carbocycles. The Labute approximate surface area is 519 Å². The Morgan fingerprint density at radius 1 is 0.403 bits per heavy atom. The summed E-state index contributed by atoms with van der Waals surface area (Å²) < 4.78 is 4.73. The van der Waals surface area contributed by atoms with Gasteiger partial charge in [-0.1, -0.05) is 155 Å². The monoisotopic (exact) mass is 1400 g/mol. The highest BCUT2D eigenvalue weighted by Crippen LogP contribution is 2.38. The fourth-order valence-electron chi connectivity index (χ4n) is 7.88. The van der Waals surface area contributed by atoms with Crippen LogP contribution in [0.2, 0.25) is 0 Å². The van der Waals surface area contributed by atoms with Gasteiger partial charge in [0.05, 0.1) is 5.69 Å². The maximum Gasteiger partial charge on any atom is 0.0508 e. The van der Waals surface area contributed by atoms with Crippen molar-refractivity contribution in [2.45, 2.75) is 89.7 Å². The molecule has 0 radical (unpaired) electrons. The van der Waals surface area contributed by atoms with E-state index in [2.05, 4.69) is 299 Å². The molecule has 2 aliphatic heterocycles. The van der Waals surface area contributed by atoms with Crippen LogP contribution in [0, 0.1) is 59.0 Å². The molecule has 4 nitrogen and oxygen atoms in total. The molecule has 2 aliphatic rings. The highest BCUT2D eigenvalue weighted by atomic mass is 127. The average Bonchev–Trinajstić information content (AvgIpc) is 3.41. The largest absolute Gasteiger partial charge is 0.368 e. The van der Waals surface area contributed by atoms with Gasteiger partial charge in [0.25, 0.3) is 0 Å². The van der Waals surface area contributed by atoms with Crippen molar-refractivity contribution in [3.8, 4) is 0 Å². The lowest BCUT2D eigenvalue weighted by atomic mass is 10.2. The van der Waals surface area contributed by atoms with Gasteiger partial charge >= 0.3 is 0 Å². The molecule has 8 aromatic rings. The number of nitrogens with zero attached hydrogens (tertiary/aromatic N) is 2. The van der Waals surface area contributed by atoms with Gasteiger partial charge in [-0.15, -0.1) is 12.6 Å². The lowest BCUT2D eigenvalue weighted by molar-refractivity contribution is 0.291. The van der Waals surface area contributed by atoms with Crippen LogP contribution in [-0.4, -0.2) is 64.3 Å². The average molecular weight is 1410 g/mol. The highest BCUT2D eigenvalue weighted by Gasteiger charge is 2.15. The minimum atomic E-state index is 1.07. The summed E-state index contributed by atoms with van der Waals surface area (Å²) in [4.78, 5) is 13.7. The number of halogens is 4. The van der Waals surface area contributed by atoms with E-state index >= 15 is 0 Å². The van der Waals surface area contributed by atoms with Crippen molar-refractivity contribution in [3.63, 3.8) is 0 Å². The molecule has 0 bridgehead atoms. The molecular weight excluding hydrogens is 1330 g/mol. The summed E-state index contributed by atoms with van der Waals surface area (Å²) in [5.74, 6) is 0. The third kappa shape index (κ3) is 23.6. The number of nitrogens with one attached hydrogen (secondary N) is 2. The Balaban J connectivity index is 0.000000178. The van der Waals surface area contributed by atoms with Crippen molar-refractivity contribution in [3.05, 3.63) is 231 Å². The molecule has 0 amide bonds. The second-order valence-corrected chi connectivity index (χ2v) is 26.4. The van der Waals surface area contributed by atoms with E-state index in [1.54, 1.807) is 23.5 Å². The van der Waals surface area contributed by atoms with Crippen molar-refractivity contribution in [1.29, 1.82) is 0 Å². The fourth-order valence-corrected chi connectivity index (χ4v) is 12.6. The SMILES string of the molecule is Brc1ccccc1I.CN1CCNCC1.Cc1ccc(S)c(C)c1.Cc1ccc(Sc2ccccc2Br)c(C)c1.Cc1ccc(Sc2ccccc2Br)c(C)c1.Cc1ccc(Sc2ccccc2N2CCNCC2)c(C)c1. The van der Waals surface area contributed by atoms with Crippen LogP contribution >= 0.6 is 118 Å². The van der Waals surface area contributed by atoms with E-state index in [-0.39, 0.29) is 0 Å². The molecule has 0 aromatic heterocycles. The van der Waals surface area contributed by atoms with Gasteiger partial charge in [0.15, 0.2) is 0 Å². The molecule has 0 unspecified atom stereocenters. The summed E-state index contributed by atoms with van der Waals surface area (Å²) in [5.41, 5.74) is 11.9. The quantitative estimate of drug-likeness (QED) is 0.108. The van der Waals surface area contributed by atoms with E-state index in [0.29, 0.717) is 0 Å². The number of hydrogen-bond acceptors (Lipinski definition) is 8. The number of hydrogen-bond donors (Lipinski definition) is 3. The molecular formula is C65H74Br3IN4S4. The van der Waals surface area contributed by atoms with E-state index in [0.717, 1.165) is 53.1 Å². The first-order valence-electron chi connectivity index (χ1n) is 25.8. The molecule has 406 valence electrons. The van der Waals surface area contributed by atoms with Crippen LogP contribution in [0.15, 0.2) is 218 Å². The summed E-state index contributed by atoms with van der Waals surface area (Å²) >= 11 is 22.5. The maximum absolute atomic E-state index is 4.25. The minimum absolute atomic E-state index is 1.07. The molecule has 0 spiro atoms. The smallest absolute Gasteiger partial charge is 0.0508 e. The number of aryl methyl sites for hydroxylation is 8. The van der Waals surface area contributed by atoms with Crippen molar-refractivity contribution >= 4 is 124 Å². The summed E-state index contributed by atoms with van der Waals surface area (Å²) in [7, 11) is 2.15. The lowest BCUT2D eigenvalue weighted by Crippen LogP contribution is -2.43. The van der Waals surface area contributed by atoms with Gasteiger partial charge in [-0.3, -0.25) is 0 Å². The van der Waals surface area contributed by atoms with Crippen molar-refractivity contribution in [1.82, 2.24) is 15.5 Å². The standard InChI is InChI=1S/C18H22N2S.2C14H13BrS.C8H10S.C6H4BrI.C5H12N2/c1-14-7-8-17(15(2)13-14)21-18-6-4-3-5-16(18)20-11-9-19-10-12-20;2*1-10-7-8-13(11(2)9-10)16-14-6-4-3-5-12(14)15;1-6-3-4-8(9)7(2)5-6;7-5-3-1-2-4-6(5)8;1-7-4-2-6-3-5-7/h3-8,13,19H,9-12H2,1-2H3;2*3-9H,1-2H3;3-5,9H,1-2H3;1-4H;6H,2-5H2,1H3. The van der Waals surface area contributed by atoms with Gasteiger partial charge in [0.2, 0.25) is 0 Å². The zero-order chi connectivity index (χ0) is 55.7. The third-order valence-electron chi connectivity index (χ3n) is 12.2. The molecule has 2 saturated heterocycles. The topological polar surface area (TPSA) is 30.5 Å². The summed E-state index contributed by atoms with van der Waals surface area (Å²) in [6, 6.07) is 59.6. The Morgan fingerprint density at radius 2 is 0.753 bits per heavy atom. The third-order valence-corrected chi connectivity index (χ3v) is 20.7. The second-order valence-electron chi connectivity index (χ2n) is 18.9. The molecule has 0 saturated carbocycles. The van der Waals surface area contributed by atoms with Crippen LogP contribution in [0.25, 0.3) is 0 Å². The fraction of sp³-hybridized carbons (Fsp3) is 0.262. The number of para-hydroxylation sites is 1. The normalized spacial score (nSPS) is 12.9. The predicted molar refractivity (Wildman–Crippen MR) is 360 cm³/mol. The van der Waals surface area contributed by atoms with Crippen LogP contribution in [-0.2, 0) is 0 Å². The number of piperazine rings is 2. The number of benzene rings is 8. The van der Waals surface area contributed by atoms with Gasteiger partial charge in [-0.05, 0) is 228 Å². The van der Waals surface area contributed by atoms with Crippen molar-refractivity contribution in [2.24, 2.45) is 0 Å². The summed E-state index contributed by atoms with van der Waals surface area (Å²) in [5, 5.41) is 6.69. The van der Waals surface area contributed by atoms with Gasteiger partial charge in [0.1, 0.15) is 0 Å². The Bertz CT molecular complexity index is 2950. The van der Waals surface area contributed by atoms with E-state index in [1.807, 2.05) is 48.2 Å². The number of rotatable bonds is 7. The summed E-state index contributed by atoms with van der Waals surface area (Å²) in [6.45, 7) is 26.1. The second kappa shape index (κ2) is 35.0. The van der Waals surface area contributed by atoms with E-state index in [9.17, 15) is 0 Å². The minimum Gasteiger partial charge on any atom is -0.368 e. The van der Waals surface area contributed by atoms with Gasteiger partial charge in [0, 0.05) is 104 Å². The van der Waals surface area contributed by atoms with Gasteiger partial charge in [-0.25, -0.2) is 0 Å². The first-order valence-corrected chi connectivity index (χ1v) is 32.2. The van der Waals surface area contributed by atoms with E-state index in [4.69, 9.17) is 0 Å². The van der Waals surface area contributed by atoms with Crippen molar-refractivity contribution < 1.29 is 0 Å².